The van der Waals surface area contributed by atoms with E-state index in [2.05, 4.69) is 51.5 Å². The van der Waals surface area contributed by atoms with Gasteiger partial charge in [0.25, 0.3) is 0 Å². The van der Waals surface area contributed by atoms with Crippen LogP contribution in [0.2, 0.25) is 0 Å². The fourth-order valence-corrected chi connectivity index (χ4v) is 4.16. The van der Waals surface area contributed by atoms with E-state index in [9.17, 15) is 4.79 Å². The van der Waals surface area contributed by atoms with Crippen LogP contribution in [0.3, 0.4) is 0 Å². The minimum absolute atomic E-state index is 0.0351. The summed E-state index contributed by atoms with van der Waals surface area (Å²) in [5.41, 5.74) is 3.50. The van der Waals surface area contributed by atoms with Crippen molar-refractivity contribution in [2.75, 3.05) is 19.7 Å². The molecule has 1 aromatic heterocycles. The standard InChI is InChI=1S/C26H32N4O3/c1-3-32-23-9-7-21(8-10-23)26-28-25(33-29-26)12-11-24(31)27-22-13-15-30(16-14-22)18-20-6-4-5-19(2)17-20/h4-10,17,22H,3,11-16,18H2,1-2H3,(H,27,31). The Hall–Kier alpha value is -3.19. The van der Waals surface area contributed by atoms with Crippen molar-refractivity contribution in [1.82, 2.24) is 20.4 Å². The van der Waals surface area contributed by atoms with Gasteiger partial charge < -0.3 is 14.6 Å². The monoisotopic (exact) mass is 448 g/mol. The van der Waals surface area contributed by atoms with E-state index in [1.54, 1.807) is 0 Å². The number of carbonyl (C=O) groups excluding carboxylic acids is 1. The third-order valence-electron chi connectivity index (χ3n) is 5.90. The summed E-state index contributed by atoms with van der Waals surface area (Å²) in [6.07, 6.45) is 2.72. The maximum atomic E-state index is 12.4. The number of nitrogens with zero attached hydrogens (tertiary/aromatic N) is 3. The molecule has 1 N–H and O–H groups in total. The molecule has 33 heavy (non-hydrogen) atoms. The summed E-state index contributed by atoms with van der Waals surface area (Å²) in [4.78, 5) is 19.3. The van der Waals surface area contributed by atoms with Crippen LogP contribution in [0.1, 0.15) is 43.2 Å². The van der Waals surface area contributed by atoms with Crippen molar-refractivity contribution < 1.29 is 14.1 Å². The molecule has 0 radical (unpaired) electrons. The molecular formula is C26H32N4O3. The summed E-state index contributed by atoms with van der Waals surface area (Å²) in [5, 5.41) is 7.21. The number of carbonyl (C=O) groups is 1. The van der Waals surface area contributed by atoms with Crippen LogP contribution in [0, 0.1) is 6.92 Å². The first kappa shape index (κ1) is 23.0. The predicted octanol–water partition coefficient (Wildman–Crippen LogP) is 4.16. The van der Waals surface area contributed by atoms with Gasteiger partial charge in [-0.15, -0.1) is 0 Å². The highest BCUT2D eigenvalue weighted by Gasteiger charge is 2.21. The van der Waals surface area contributed by atoms with Crippen LogP contribution in [-0.4, -0.2) is 46.7 Å². The number of amides is 1. The Morgan fingerprint density at radius 2 is 1.97 bits per heavy atom. The zero-order valence-electron chi connectivity index (χ0n) is 19.4. The Morgan fingerprint density at radius 3 is 2.70 bits per heavy atom. The molecule has 1 aliphatic heterocycles. The molecule has 0 bridgehead atoms. The number of rotatable bonds is 9. The van der Waals surface area contributed by atoms with Crippen molar-refractivity contribution >= 4 is 5.91 Å². The van der Waals surface area contributed by atoms with E-state index in [1.165, 1.54) is 11.1 Å². The van der Waals surface area contributed by atoms with E-state index in [0.717, 1.165) is 43.8 Å². The van der Waals surface area contributed by atoms with Crippen molar-refractivity contribution in [2.24, 2.45) is 0 Å². The number of benzene rings is 2. The highest BCUT2D eigenvalue weighted by Crippen LogP contribution is 2.20. The van der Waals surface area contributed by atoms with Gasteiger partial charge in [-0.25, -0.2) is 0 Å². The van der Waals surface area contributed by atoms with Crippen LogP contribution >= 0.6 is 0 Å². The maximum Gasteiger partial charge on any atom is 0.227 e. The van der Waals surface area contributed by atoms with Crippen LogP contribution in [-0.2, 0) is 17.8 Å². The average Bonchev–Trinajstić information content (AvgIpc) is 3.29. The summed E-state index contributed by atoms with van der Waals surface area (Å²) in [5.74, 6) is 1.84. The molecule has 2 heterocycles. The summed E-state index contributed by atoms with van der Waals surface area (Å²) in [6, 6.07) is 16.5. The molecular weight excluding hydrogens is 416 g/mol. The number of aromatic nitrogens is 2. The Morgan fingerprint density at radius 1 is 1.18 bits per heavy atom. The molecule has 7 nitrogen and oxygen atoms in total. The smallest absolute Gasteiger partial charge is 0.227 e. The van der Waals surface area contributed by atoms with E-state index in [-0.39, 0.29) is 11.9 Å². The SMILES string of the molecule is CCOc1ccc(-c2noc(CCC(=O)NC3CCN(Cc4cccc(C)c4)CC3)n2)cc1. The Labute approximate surface area is 195 Å². The number of nitrogens with one attached hydrogen (secondary N) is 1. The fourth-order valence-electron chi connectivity index (χ4n) is 4.16. The molecule has 0 unspecified atom stereocenters. The van der Waals surface area contributed by atoms with Crippen LogP contribution in [0.15, 0.2) is 53.1 Å². The quantitative estimate of drug-likeness (QED) is 0.530. The first-order valence-electron chi connectivity index (χ1n) is 11.7. The first-order valence-corrected chi connectivity index (χ1v) is 11.7. The Kier molecular flexibility index (Phi) is 7.73. The molecule has 3 aromatic rings. The Balaban J connectivity index is 1.19. The largest absolute Gasteiger partial charge is 0.494 e. The van der Waals surface area contributed by atoms with E-state index < -0.39 is 0 Å². The predicted molar refractivity (Wildman–Crippen MR) is 127 cm³/mol. The molecule has 1 saturated heterocycles. The molecule has 1 aliphatic rings. The molecule has 1 amide bonds. The van der Waals surface area contributed by atoms with E-state index in [1.807, 2.05) is 31.2 Å². The highest BCUT2D eigenvalue weighted by molar-refractivity contribution is 5.76. The number of hydrogen-bond donors (Lipinski definition) is 1. The number of ether oxygens (including phenoxy) is 1. The summed E-state index contributed by atoms with van der Waals surface area (Å²) in [6.45, 7) is 7.66. The van der Waals surface area contributed by atoms with Gasteiger partial charge in [0.15, 0.2) is 0 Å². The van der Waals surface area contributed by atoms with Crippen molar-refractivity contribution in [3.8, 4) is 17.1 Å². The summed E-state index contributed by atoms with van der Waals surface area (Å²) in [7, 11) is 0. The van der Waals surface area contributed by atoms with E-state index in [0.29, 0.717) is 31.2 Å². The van der Waals surface area contributed by atoms with Gasteiger partial charge in [0.2, 0.25) is 17.6 Å². The van der Waals surface area contributed by atoms with Crippen molar-refractivity contribution in [2.45, 2.75) is 52.1 Å². The van der Waals surface area contributed by atoms with Gasteiger partial charge in [0.1, 0.15) is 5.75 Å². The molecule has 4 rings (SSSR count). The summed E-state index contributed by atoms with van der Waals surface area (Å²) >= 11 is 0. The van der Waals surface area contributed by atoms with Crippen LogP contribution in [0.5, 0.6) is 5.75 Å². The second-order valence-electron chi connectivity index (χ2n) is 8.58. The highest BCUT2D eigenvalue weighted by atomic mass is 16.5. The normalized spacial score (nSPS) is 14.8. The van der Waals surface area contributed by atoms with Crippen molar-refractivity contribution in [3.05, 3.63) is 65.5 Å². The number of aryl methyl sites for hydroxylation is 2. The fraction of sp³-hybridized carbons (Fsp3) is 0.423. The van der Waals surface area contributed by atoms with Gasteiger partial charge in [-0.05, 0) is 56.5 Å². The third kappa shape index (κ3) is 6.65. The van der Waals surface area contributed by atoms with Crippen molar-refractivity contribution in [3.63, 3.8) is 0 Å². The lowest BCUT2D eigenvalue weighted by Crippen LogP contribution is -2.44. The lowest BCUT2D eigenvalue weighted by atomic mass is 10.0. The van der Waals surface area contributed by atoms with Gasteiger partial charge in [-0.2, -0.15) is 4.98 Å². The zero-order chi connectivity index (χ0) is 23.0. The molecule has 1 fully saturated rings. The second-order valence-corrected chi connectivity index (χ2v) is 8.58. The lowest BCUT2D eigenvalue weighted by molar-refractivity contribution is -0.122. The topological polar surface area (TPSA) is 80.5 Å². The number of likely N-dealkylation sites (tertiary alicyclic amines) is 1. The molecule has 174 valence electrons. The molecule has 0 aliphatic carbocycles. The first-order chi connectivity index (χ1) is 16.1. The van der Waals surface area contributed by atoms with Gasteiger partial charge in [-0.1, -0.05) is 35.0 Å². The van der Waals surface area contributed by atoms with Gasteiger partial charge >= 0.3 is 0 Å². The molecule has 0 spiro atoms. The third-order valence-corrected chi connectivity index (χ3v) is 5.90. The lowest BCUT2D eigenvalue weighted by Gasteiger charge is -2.32. The number of hydrogen-bond acceptors (Lipinski definition) is 6. The van der Waals surface area contributed by atoms with Gasteiger partial charge in [0, 0.05) is 44.1 Å². The minimum atomic E-state index is 0.0351. The van der Waals surface area contributed by atoms with Crippen molar-refractivity contribution in [1.29, 1.82) is 0 Å². The second kappa shape index (κ2) is 11.1. The molecule has 0 saturated carbocycles. The molecule has 0 atom stereocenters. The van der Waals surface area contributed by atoms with Crippen LogP contribution < -0.4 is 10.1 Å². The zero-order valence-corrected chi connectivity index (χ0v) is 19.4. The van der Waals surface area contributed by atoms with Crippen LogP contribution in [0.4, 0.5) is 0 Å². The van der Waals surface area contributed by atoms with E-state index in [4.69, 9.17) is 9.26 Å². The van der Waals surface area contributed by atoms with Gasteiger partial charge in [0.05, 0.1) is 6.61 Å². The molecule has 2 aromatic carbocycles. The minimum Gasteiger partial charge on any atom is -0.494 e. The summed E-state index contributed by atoms with van der Waals surface area (Å²) < 4.78 is 10.8. The number of piperidine rings is 1. The van der Waals surface area contributed by atoms with Gasteiger partial charge in [-0.3, -0.25) is 9.69 Å². The molecule has 7 heteroatoms. The average molecular weight is 449 g/mol. The van der Waals surface area contributed by atoms with Crippen LogP contribution in [0.25, 0.3) is 11.4 Å². The maximum absolute atomic E-state index is 12.4. The Bertz CT molecular complexity index is 1040. The van der Waals surface area contributed by atoms with E-state index >= 15 is 0 Å².